The molecule has 0 spiro atoms. The van der Waals surface area contributed by atoms with Gasteiger partial charge in [0.2, 0.25) is 0 Å². The minimum atomic E-state index is -3.37. The SMILES string of the molecule is Cc1ccc(C(=O)Nc2ccccc2N2CCCC2)cc1S(C)(=O)=O. The lowest BCUT2D eigenvalue weighted by molar-refractivity contribution is 0.102. The standard InChI is InChI=1S/C19H22N2O3S/c1-14-9-10-15(13-18(14)25(2,23)24)19(22)20-16-7-3-4-8-17(16)21-11-5-6-12-21/h3-4,7-10,13H,5-6,11-12H2,1-2H3,(H,20,22). The van der Waals surface area contributed by atoms with Gasteiger partial charge in [-0.25, -0.2) is 8.42 Å². The molecule has 0 bridgehead atoms. The summed E-state index contributed by atoms with van der Waals surface area (Å²) in [5, 5.41) is 2.93. The molecule has 1 saturated heterocycles. The molecule has 25 heavy (non-hydrogen) atoms. The second kappa shape index (κ2) is 6.88. The minimum Gasteiger partial charge on any atom is -0.370 e. The molecule has 0 aliphatic carbocycles. The molecule has 6 heteroatoms. The van der Waals surface area contributed by atoms with Gasteiger partial charge in [0, 0.05) is 24.9 Å². The third-order valence-electron chi connectivity index (χ3n) is 4.45. The number of amides is 1. The zero-order valence-corrected chi connectivity index (χ0v) is 15.3. The molecule has 1 aliphatic heterocycles. The number of nitrogens with zero attached hydrogens (tertiary/aromatic N) is 1. The monoisotopic (exact) mass is 358 g/mol. The maximum absolute atomic E-state index is 12.6. The molecule has 1 heterocycles. The van der Waals surface area contributed by atoms with E-state index in [0.29, 0.717) is 11.1 Å². The van der Waals surface area contributed by atoms with Crippen LogP contribution in [0.1, 0.15) is 28.8 Å². The number of hydrogen-bond acceptors (Lipinski definition) is 4. The van der Waals surface area contributed by atoms with Crippen LogP contribution in [0.25, 0.3) is 0 Å². The molecule has 3 rings (SSSR count). The predicted octanol–water partition coefficient (Wildman–Crippen LogP) is 3.25. The fraction of sp³-hybridized carbons (Fsp3) is 0.316. The molecule has 1 amide bonds. The van der Waals surface area contributed by atoms with Crippen molar-refractivity contribution in [2.45, 2.75) is 24.7 Å². The number of rotatable bonds is 4. The van der Waals surface area contributed by atoms with E-state index in [1.165, 1.54) is 6.07 Å². The second-order valence-corrected chi connectivity index (χ2v) is 8.40. The highest BCUT2D eigenvalue weighted by molar-refractivity contribution is 7.90. The average Bonchev–Trinajstić information content (AvgIpc) is 3.09. The molecule has 1 fully saturated rings. The summed E-state index contributed by atoms with van der Waals surface area (Å²) in [4.78, 5) is 15.1. The van der Waals surface area contributed by atoms with Gasteiger partial charge >= 0.3 is 0 Å². The van der Waals surface area contributed by atoms with E-state index in [9.17, 15) is 13.2 Å². The van der Waals surface area contributed by atoms with Gasteiger partial charge in [0.05, 0.1) is 16.3 Å². The van der Waals surface area contributed by atoms with Gasteiger partial charge in [-0.05, 0) is 49.6 Å². The van der Waals surface area contributed by atoms with Crippen LogP contribution in [0.4, 0.5) is 11.4 Å². The van der Waals surface area contributed by atoms with Crippen molar-refractivity contribution in [3.05, 3.63) is 53.6 Å². The number of anilines is 2. The molecular weight excluding hydrogens is 336 g/mol. The molecule has 5 nitrogen and oxygen atoms in total. The summed E-state index contributed by atoms with van der Waals surface area (Å²) < 4.78 is 23.8. The van der Waals surface area contributed by atoms with Gasteiger partial charge in [-0.2, -0.15) is 0 Å². The zero-order chi connectivity index (χ0) is 18.0. The Kier molecular flexibility index (Phi) is 4.81. The summed E-state index contributed by atoms with van der Waals surface area (Å²) in [6.45, 7) is 3.69. The average molecular weight is 358 g/mol. The van der Waals surface area contributed by atoms with E-state index in [1.807, 2.05) is 24.3 Å². The molecule has 2 aromatic rings. The Morgan fingerprint density at radius 1 is 1.08 bits per heavy atom. The van der Waals surface area contributed by atoms with Gasteiger partial charge in [-0.1, -0.05) is 18.2 Å². The van der Waals surface area contributed by atoms with Crippen LogP contribution >= 0.6 is 0 Å². The summed E-state index contributed by atoms with van der Waals surface area (Å²) in [7, 11) is -3.37. The van der Waals surface area contributed by atoms with Crippen molar-refractivity contribution in [3.63, 3.8) is 0 Å². The maximum Gasteiger partial charge on any atom is 0.255 e. The van der Waals surface area contributed by atoms with Gasteiger partial charge in [-0.3, -0.25) is 4.79 Å². The van der Waals surface area contributed by atoms with Crippen LogP contribution < -0.4 is 10.2 Å². The Balaban J connectivity index is 1.89. The Morgan fingerprint density at radius 3 is 2.44 bits per heavy atom. The van der Waals surface area contributed by atoms with Crippen LogP contribution in [0.2, 0.25) is 0 Å². The lowest BCUT2D eigenvalue weighted by Gasteiger charge is -2.21. The largest absolute Gasteiger partial charge is 0.370 e. The predicted molar refractivity (Wildman–Crippen MR) is 100 cm³/mol. The first kappa shape index (κ1) is 17.5. The summed E-state index contributed by atoms with van der Waals surface area (Å²) >= 11 is 0. The molecule has 132 valence electrons. The third kappa shape index (κ3) is 3.85. The number of carbonyl (C=O) groups excluding carboxylic acids is 1. The lowest BCUT2D eigenvalue weighted by Crippen LogP contribution is -2.21. The van der Waals surface area contributed by atoms with Crippen LogP contribution in [-0.4, -0.2) is 33.7 Å². The summed E-state index contributed by atoms with van der Waals surface area (Å²) in [6, 6.07) is 12.5. The minimum absolute atomic E-state index is 0.188. The van der Waals surface area contributed by atoms with Gasteiger partial charge < -0.3 is 10.2 Å². The molecule has 0 aromatic heterocycles. The fourth-order valence-electron chi connectivity index (χ4n) is 3.15. The normalized spacial score (nSPS) is 14.6. The van der Waals surface area contributed by atoms with E-state index in [1.54, 1.807) is 19.1 Å². The van der Waals surface area contributed by atoms with Gasteiger partial charge in [0.25, 0.3) is 5.91 Å². The van der Waals surface area contributed by atoms with Crippen molar-refractivity contribution < 1.29 is 13.2 Å². The molecule has 0 radical (unpaired) electrons. The van der Waals surface area contributed by atoms with Gasteiger partial charge in [0.15, 0.2) is 9.84 Å². The van der Waals surface area contributed by atoms with Crippen LogP contribution in [0.5, 0.6) is 0 Å². The topological polar surface area (TPSA) is 66.5 Å². The highest BCUT2D eigenvalue weighted by Crippen LogP contribution is 2.29. The van der Waals surface area contributed by atoms with Crippen LogP contribution in [-0.2, 0) is 9.84 Å². The summed E-state index contributed by atoms with van der Waals surface area (Å²) in [5.74, 6) is -0.309. The van der Waals surface area contributed by atoms with E-state index in [0.717, 1.165) is 43.6 Å². The second-order valence-electron chi connectivity index (χ2n) is 6.42. The molecule has 1 N–H and O–H groups in total. The van der Waals surface area contributed by atoms with Gasteiger partial charge in [-0.15, -0.1) is 0 Å². The molecular formula is C19H22N2O3S. The molecule has 0 unspecified atom stereocenters. The quantitative estimate of drug-likeness (QED) is 0.911. The first-order valence-corrected chi connectivity index (χ1v) is 10.2. The van der Waals surface area contributed by atoms with E-state index in [-0.39, 0.29) is 10.8 Å². The highest BCUT2D eigenvalue weighted by atomic mass is 32.2. The van der Waals surface area contributed by atoms with Crippen LogP contribution in [0.3, 0.4) is 0 Å². The number of benzene rings is 2. The van der Waals surface area contributed by atoms with Crippen molar-refractivity contribution in [1.29, 1.82) is 0 Å². The molecule has 2 aromatic carbocycles. The molecule has 0 atom stereocenters. The Morgan fingerprint density at radius 2 is 1.76 bits per heavy atom. The number of aryl methyl sites for hydroxylation is 1. The van der Waals surface area contributed by atoms with E-state index >= 15 is 0 Å². The molecule has 0 saturated carbocycles. The first-order chi connectivity index (χ1) is 11.9. The third-order valence-corrected chi connectivity index (χ3v) is 5.69. The number of para-hydroxylation sites is 2. The summed E-state index contributed by atoms with van der Waals surface area (Å²) in [5.41, 5.74) is 2.72. The Bertz CT molecular complexity index is 901. The van der Waals surface area contributed by atoms with Crippen molar-refractivity contribution in [1.82, 2.24) is 0 Å². The number of sulfone groups is 1. The van der Waals surface area contributed by atoms with E-state index < -0.39 is 9.84 Å². The van der Waals surface area contributed by atoms with Crippen molar-refractivity contribution >= 4 is 27.1 Å². The highest BCUT2D eigenvalue weighted by Gasteiger charge is 2.18. The van der Waals surface area contributed by atoms with Gasteiger partial charge in [0.1, 0.15) is 0 Å². The number of hydrogen-bond donors (Lipinski definition) is 1. The summed E-state index contributed by atoms with van der Waals surface area (Å²) in [6.07, 6.45) is 3.45. The smallest absolute Gasteiger partial charge is 0.255 e. The number of nitrogens with one attached hydrogen (secondary N) is 1. The van der Waals surface area contributed by atoms with Crippen molar-refractivity contribution in [2.24, 2.45) is 0 Å². The van der Waals surface area contributed by atoms with E-state index in [4.69, 9.17) is 0 Å². The Hall–Kier alpha value is -2.34. The van der Waals surface area contributed by atoms with Crippen molar-refractivity contribution in [2.75, 3.05) is 29.6 Å². The zero-order valence-electron chi connectivity index (χ0n) is 14.5. The molecule has 1 aliphatic rings. The lowest BCUT2D eigenvalue weighted by atomic mass is 10.1. The van der Waals surface area contributed by atoms with Crippen LogP contribution in [0, 0.1) is 6.92 Å². The Labute approximate surface area is 148 Å². The fourth-order valence-corrected chi connectivity index (χ4v) is 4.14. The first-order valence-electron chi connectivity index (χ1n) is 8.32. The number of carbonyl (C=O) groups is 1. The maximum atomic E-state index is 12.6. The van der Waals surface area contributed by atoms with Crippen molar-refractivity contribution in [3.8, 4) is 0 Å². The van der Waals surface area contributed by atoms with E-state index in [2.05, 4.69) is 10.2 Å². The van der Waals surface area contributed by atoms with Crippen LogP contribution in [0.15, 0.2) is 47.4 Å².